The molecule has 3 aromatic carbocycles. The Morgan fingerprint density at radius 1 is 0.941 bits per heavy atom. The lowest BCUT2D eigenvalue weighted by Gasteiger charge is -2.24. The third kappa shape index (κ3) is 6.02. The number of hydrogen-bond acceptors (Lipinski definition) is 4. The lowest BCUT2D eigenvalue weighted by atomic mass is 10.1. The second-order valence-electron chi connectivity index (χ2n) is 7.54. The SMILES string of the molecule is Cc1ccc(N(CC(=O)N/N=C\c2ccccc2C(F)(F)F)S(=O)(=O)c2ccc(C)cc2)cc1. The van der Waals surface area contributed by atoms with Crippen molar-refractivity contribution in [3.05, 3.63) is 95.1 Å². The van der Waals surface area contributed by atoms with Gasteiger partial charge < -0.3 is 0 Å². The van der Waals surface area contributed by atoms with Gasteiger partial charge in [0.05, 0.1) is 22.4 Å². The van der Waals surface area contributed by atoms with Gasteiger partial charge in [-0.25, -0.2) is 13.8 Å². The lowest BCUT2D eigenvalue weighted by molar-refractivity contribution is -0.137. The van der Waals surface area contributed by atoms with Crippen LogP contribution >= 0.6 is 0 Å². The first-order chi connectivity index (χ1) is 16.0. The quantitative estimate of drug-likeness (QED) is 0.387. The van der Waals surface area contributed by atoms with Crippen molar-refractivity contribution in [2.24, 2.45) is 5.10 Å². The van der Waals surface area contributed by atoms with Gasteiger partial charge in [-0.2, -0.15) is 18.3 Å². The second kappa shape index (κ2) is 10.1. The molecule has 0 unspecified atom stereocenters. The minimum atomic E-state index is -4.59. The maximum absolute atomic E-state index is 13.3. The molecule has 0 bridgehead atoms. The van der Waals surface area contributed by atoms with Crippen LogP contribution in [0.4, 0.5) is 18.9 Å². The number of aryl methyl sites for hydroxylation is 2. The Morgan fingerprint density at radius 2 is 1.50 bits per heavy atom. The van der Waals surface area contributed by atoms with E-state index in [0.717, 1.165) is 27.7 Å². The van der Waals surface area contributed by atoms with E-state index in [9.17, 15) is 26.4 Å². The van der Waals surface area contributed by atoms with Crippen molar-refractivity contribution >= 4 is 27.8 Å². The van der Waals surface area contributed by atoms with Gasteiger partial charge in [0.15, 0.2) is 0 Å². The molecule has 0 fully saturated rings. The minimum Gasteiger partial charge on any atom is -0.271 e. The lowest BCUT2D eigenvalue weighted by Crippen LogP contribution is -2.39. The first kappa shape index (κ1) is 25.0. The van der Waals surface area contributed by atoms with Crippen LogP contribution < -0.4 is 9.73 Å². The van der Waals surface area contributed by atoms with Gasteiger partial charge in [0.1, 0.15) is 6.54 Å². The zero-order valence-electron chi connectivity index (χ0n) is 18.4. The average Bonchev–Trinajstić information content (AvgIpc) is 2.78. The van der Waals surface area contributed by atoms with Crippen molar-refractivity contribution in [3.63, 3.8) is 0 Å². The summed E-state index contributed by atoms with van der Waals surface area (Å²) >= 11 is 0. The number of anilines is 1. The monoisotopic (exact) mass is 489 g/mol. The Hall–Kier alpha value is -3.66. The van der Waals surface area contributed by atoms with E-state index in [0.29, 0.717) is 0 Å². The number of amides is 1. The van der Waals surface area contributed by atoms with Crippen molar-refractivity contribution in [1.82, 2.24) is 5.43 Å². The zero-order valence-corrected chi connectivity index (χ0v) is 19.2. The number of carbonyl (C=O) groups is 1. The molecule has 0 radical (unpaired) electrons. The molecule has 1 N–H and O–H groups in total. The third-order valence-corrected chi connectivity index (χ3v) is 6.67. The molecule has 0 saturated carbocycles. The van der Waals surface area contributed by atoms with Crippen molar-refractivity contribution in [1.29, 1.82) is 0 Å². The highest BCUT2D eigenvalue weighted by atomic mass is 32.2. The summed E-state index contributed by atoms with van der Waals surface area (Å²) in [5, 5.41) is 3.60. The van der Waals surface area contributed by atoms with Crippen LogP contribution in [-0.2, 0) is 21.0 Å². The third-order valence-electron chi connectivity index (χ3n) is 4.88. The summed E-state index contributed by atoms with van der Waals surface area (Å²) in [5.41, 5.74) is 2.99. The van der Waals surface area contributed by atoms with Crippen LogP contribution in [0.15, 0.2) is 82.8 Å². The van der Waals surface area contributed by atoms with Crippen LogP contribution in [0.5, 0.6) is 0 Å². The van der Waals surface area contributed by atoms with Crippen LogP contribution in [0.25, 0.3) is 0 Å². The largest absolute Gasteiger partial charge is 0.417 e. The molecular formula is C24H22F3N3O3S. The van der Waals surface area contributed by atoms with E-state index in [2.05, 4.69) is 10.5 Å². The summed E-state index contributed by atoms with van der Waals surface area (Å²) in [6.45, 7) is 3.02. The maximum Gasteiger partial charge on any atom is 0.417 e. The van der Waals surface area contributed by atoms with Gasteiger partial charge in [0.2, 0.25) is 0 Å². The Bertz CT molecular complexity index is 1290. The van der Waals surface area contributed by atoms with Crippen molar-refractivity contribution < 1.29 is 26.4 Å². The summed E-state index contributed by atoms with van der Waals surface area (Å²) in [7, 11) is -4.11. The summed E-state index contributed by atoms with van der Waals surface area (Å²) < 4.78 is 66.9. The maximum atomic E-state index is 13.3. The van der Waals surface area contributed by atoms with Crippen LogP contribution in [0.1, 0.15) is 22.3 Å². The molecule has 3 aromatic rings. The fourth-order valence-corrected chi connectivity index (χ4v) is 4.49. The van der Waals surface area contributed by atoms with E-state index in [4.69, 9.17) is 0 Å². The summed E-state index contributed by atoms with van der Waals surface area (Å²) in [5.74, 6) is -0.822. The van der Waals surface area contributed by atoms with Crippen molar-refractivity contribution in [2.75, 3.05) is 10.8 Å². The van der Waals surface area contributed by atoms with Crippen LogP contribution in [0, 0.1) is 13.8 Å². The van der Waals surface area contributed by atoms with Crippen LogP contribution in [0.2, 0.25) is 0 Å². The van der Waals surface area contributed by atoms with E-state index in [1.807, 2.05) is 13.8 Å². The molecule has 0 atom stereocenters. The topological polar surface area (TPSA) is 78.8 Å². The van der Waals surface area contributed by atoms with Crippen LogP contribution in [0.3, 0.4) is 0 Å². The Kier molecular flexibility index (Phi) is 7.41. The van der Waals surface area contributed by atoms with Gasteiger partial charge >= 0.3 is 6.18 Å². The summed E-state index contributed by atoms with van der Waals surface area (Å²) in [4.78, 5) is 12.5. The minimum absolute atomic E-state index is 0.00548. The molecule has 6 nitrogen and oxygen atoms in total. The standard InChI is InChI=1S/C24H22F3N3O3S/c1-17-7-11-20(12-8-17)30(34(32,33)21-13-9-18(2)10-14-21)16-23(31)29-28-15-19-5-3-4-6-22(19)24(25,26)27/h3-15H,16H2,1-2H3,(H,29,31)/b28-15-. The van der Waals surface area contributed by atoms with Gasteiger partial charge in [-0.15, -0.1) is 0 Å². The number of nitrogens with zero attached hydrogens (tertiary/aromatic N) is 2. The first-order valence-electron chi connectivity index (χ1n) is 10.1. The summed E-state index contributed by atoms with van der Waals surface area (Å²) in [6, 6.07) is 17.5. The molecule has 10 heteroatoms. The molecule has 3 rings (SSSR count). The molecule has 0 saturated heterocycles. The van der Waals surface area contributed by atoms with E-state index < -0.39 is 34.2 Å². The number of rotatable bonds is 7. The van der Waals surface area contributed by atoms with Crippen molar-refractivity contribution in [2.45, 2.75) is 24.9 Å². The molecule has 0 aromatic heterocycles. The van der Waals surface area contributed by atoms with E-state index in [-0.39, 0.29) is 16.1 Å². The van der Waals surface area contributed by atoms with Gasteiger partial charge in [0.25, 0.3) is 15.9 Å². The number of alkyl halides is 3. The average molecular weight is 490 g/mol. The van der Waals surface area contributed by atoms with E-state index >= 15 is 0 Å². The molecule has 0 aliphatic carbocycles. The number of hydrazone groups is 1. The molecule has 34 heavy (non-hydrogen) atoms. The van der Waals surface area contributed by atoms with Gasteiger partial charge in [-0.05, 0) is 44.2 Å². The number of nitrogens with one attached hydrogen (secondary N) is 1. The predicted octanol–water partition coefficient (Wildman–Crippen LogP) is 4.67. The molecule has 0 spiro atoms. The predicted molar refractivity (Wildman–Crippen MR) is 124 cm³/mol. The number of hydrogen-bond donors (Lipinski definition) is 1. The zero-order chi connectivity index (χ0) is 24.9. The second-order valence-corrected chi connectivity index (χ2v) is 9.40. The first-order valence-corrected chi connectivity index (χ1v) is 11.6. The molecule has 1 amide bonds. The normalized spacial score (nSPS) is 12.0. The fourth-order valence-electron chi connectivity index (χ4n) is 3.07. The van der Waals surface area contributed by atoms with E-state index in [1.165, 1.54) is 30.3 Å². The molecule has 0 aliphatic rings. The van der Waals surface area contributed by atoms with Crippen LogP contribution in [-0.4, -0.2) is 27.1 Å². The molecule has 178 valence electrons. The highest BCUT2D eigenvalue weighted by molar-refractivity contribution is 7.92. The van der Waals surface area contributed by atoms with Crippen molar-refractivity contribution in [3.8, 4) is 0 Å². The number of sulfonamides is 1. The van der Waals surface area contributed by atoms with Gasteiger partial charge in [-0.3, -0.25) is 9.10 Å². The highest BCUT2D eigenvalue weighted by Gasteiger charge is 2.32. The smallest absolute Gasteiger partial charge is 0.271 e. The highest BCUT2D eigenvalue weighted by Crippen LogP contribution is 2.31. The molecular weight excluding hydrogens is 467 g/mol. The van der Waals surface area contributed by atoms with E-state index in [1.54, 1.807) is 36.4 Å². The van der Waals surface area contributed by atoms with Gasteiger partial charge in [-0.1, -0.05) is 53.6 Å². The number of halogens is 3. The number of benzene rings is 3. The Labute approximate surface area is 195 Å². The Balaban J connectivity index is 1.85. The molecule has 0 heterocycles. The van der Waals surface area contributed by atoms with Gasteiger partial charge in [0, 0.05) is 5.56 Å². The Morgan fingerprint density at radius 3 is 2.09 bits per heavy atom. The molecule has 0 aliphatic heterocycles. The fraction of sp³-hybridized carbons (Fsp3) is 0.167. The summed E-state index contributed by atoms with van der Waals surface area (Å²) in [6.07, 6.45) is -3.72. The number of carbonyl (C=O) groups excluding carboxylic acids is 1.